The molecule has 3 N–H and O–H groups in total. The summed E-state index contributed by atoms with van der Waals surface area (Å²) in [7, 11) is 1.83. The maximum atomic E-state index is 12.8. The lowest BCUT2D eigenvalue weighted by Gasteiger charge is -2.36. The number of hydrogen-bond acceptors (Lipinski definition) is 5. The first-order chi connectivity index (χ1) is 12.8. The maximum Gasteiger partial charge on any atom is 0.255 e. The number of aliphatic hydroxyl groups is 1. The van der Waals surface area contributed by atoms with Gasteiger partial charge in [-0.3, -0.25) is 9.48 Å². The SMILES string of the molecule is CC(C)Nc1cc(Cl)ncc1C(=O)NC1CCC(O)(c2ccnn2C)CC1. The fraction of sp³-hybridized carbons (Fsp3) is 0.526. The molecule has 8 heteroatoms. The van der Waals surface area contributed by atoms with E-state index in [1.54, 1.807) is 16.9 Å². The van der Waals surface area contributed by atoms with E-state index in [-0.39, 0.29) is 18.0 Å². The Bertz CT molecular complexity index is 812. The molecule has 1 fully saturated rings. The lowest BCUT2D eigenvalue weighted by molar-refractivity contribution is -0.0149. The number of aryl methyl sites for hydroxylation is 1. The van der Waals surface area contributed by atoms with E-state index in [4.69, 9.17) is 11.6 Å². The zero-order chi connectivity index (χ0) is 19.6. The average Bonchev–Trinajstić information content (AvgIpc) is 3.03. The molecule has 0 bridgehead atoms. The van der Waals surface area contributed by atoms with Crippen LogP contribution in [0.5, 0.6) is 0 Å². The molecule has 2 aromatic rings. The van der Waals surface area contributed by atoms with Crippen molar-refractivity contribution >= 4 is 23.2 Å². The van der Waals surface area contributed by atoms with E-state index >= 15 is 0 Å². The highest BCUT2D eigenvalue weighted by Crippen LogP contribution is 2.36. The molecule has 0 unspecified atom stereocenters. The molecule has 0 aromatic carbocycles. The second-order valence-electron chi connectivity index (χ2n) is 7.47. The maximum absolute atomic E-state index is 12.8. The molecular formula is C19H26ClN5O2. The lowest BCUT2D eigenvalue weighted by atomic mass is 9.80. The van der Waals surface area contributed by atoms with E-state index in [9.17, 15) is 9.90 Å². The molecule has 0 aliphatic heterocycles. The quantitative estimate of drug-likeness (QED) is 0.681. The van der Waals surface area contributed by atoms with E-state index in [1.165, 1.54) is 6.20 Å². The summed E-state index contributed by atoms with van der Waals surface area (Å²) in [5, 5.41) is 21.7. The first-order valence-corrected chi connectivity index (χ1v) is 9.60. The van der Waals surface area contributed by atoms with E-state index in [2.05, 4.69) is 20.7 Å². The molecule has 1 aliphatic rings. The molecule has 0 radical (unpaired) electrons. The van der Waals surface area contributed by atoms with Crippen LogP contribution in [0.3, 0.4) is 0 Å². The van der Waals surface area contributed by atoms with Crippen LogP contribution in [-0.4, -0.2) is 37.9 Å². The summed E-state index contributed by atoms with van der Waals surface area (Å²) in [5.74, 6) is -0.182. The Morgan fingerprint density at radius 3 is 2.70 bits per heavy atom. The van der Waals surface area contributed by atoms with E-state index in [0.717, 1.165) is 5.69 Å². The number of carbonyl (C=O) groups excluding carboxylic acids is 1. The van der Waals surface area contributed by atoms with Gasteiger partial charge in [-0.2, -0.15) is 5.10 Å². The number of halogens is 1. The minimum absolute atomic E-state index is 0.00795. The molecule has 3 rings (SSSR count). The Morgan fingerprint density at radius 2 is 2.11 bits per heavy atom. The number of carbonyl (C=O) groups is 1. The third-order valence-electron chi connectivity index (χ3n) is 5.01. The Balaban J connectivity index is 1.66. The minimum Gasteiger partial charge on any atom is -0.384 e. The van der Waals surface area contributed by atoms with Crippen LogP contribution in [0.4, 0.5) is 5.69 Å². The summed E-state index contributed by atoms with van der Waals surface area (Å²) in [6.07, 6.45) is 5.73. The molecule has 7 nitrogen and oxygen atoms in total. The van der Waals surface area contributed by atoms with Gasteiger partial charge in [-0.05, 0) is 51.7 Å². The van der Waals surface area contributed by atoms with Crippen LogP contribution in [0.25, 0.3) is 0 Å². The van der Waals surface area contributed by atoms with Gasteiger partial charge in [0.05, 0.1) is 16.9 Å². The molecule has 1 amide bonds. The summed E-state index contributed by atoms with van der Waals surface area (Å²) < 4.78 is 1.71. The number of anilines is 1. The Morgan fingerprint density at radius 1 is 1.41 bits per heavy atom. The van der Waals surface area contributed by atoms with Gasteiger partial charge in [0.1, 0.15) is 10.8 Å². The topological polar surface area (TPSA) is 92.1 Å². The average molecular weight is 392 g/mol. The molecule has 1 saturated carbocycles. The van der Waals surface area contributed by atoms with Crippen LogP contribution in [-0.2, 0) is 12.6 Å². The van der Waals surface area contributed by atoms with Crippen LogP contribution in [0.2, 0.25) is 5.15 Å². The molecular weight excluding hydrogens is 366 g/mol. The number of rotatable bonds is 5. The highest BCUT2D eigenvalue weighted by Gasteiger charge is 2.37. The molecule has 2 heterocycles. The lowest BCUT2D eigenvalue weighted by Crippen LogP contribution is -2.43. The van der Waals surface area contributed by atoms with Gasteiger partial charge in [0, 0.05) is 31.5 Å². The molecule has 0 spiro atoms. The fourth-order valence-electron chi connectivity index (χ4n) is 3.63. The van der Waals surface area contributed by atoms with Crippen molar-refractivity contribution in [3.63, 3.8) is 0 Å². The van der Waals surface area contributed by atoms with Gasteiger partial charge in [-0.15, -0.1) is 0 Å². The van der Waals surface area contributed by atoms with Crippen molar-refractivity contribution in [2.75, 3.05) is 5.32 Å². The Hall–Kier alpha value is -2.12. The summed E-state index contributed by atoms with van der Waals surface area (Å²) in [4.78, 5) is 16.8. The van der Waals surface area contributed by atoms with Crippen LogP contribution in [0, 0.1) is 0 Å². The Kier molecular flexibility index (Phi) is 5.72. The fourth-order valence-corrected chi connectivity index (χ4v) is 3.79. The Labute approximate surface area is 164 Å². The van der Waals surface area contributed by atoms with Gasteiger partial charge in [0.25, 0.3) is 5.91 Å². The number of pyridine rings is 1. The van der Waals surface area contributed by atoms with Gasteiger partial charge < -0.3 is 15.7 Å². The van der Waals surface area contributed by atoms with Crippen LogP contribution < -0.4 is 10.6 Å². The highest BCUT2D eigenvalue weighted by molar-refractivity contribution is 6.29. The first kappa shape index (κ1) is 19.6. The smallest absolute Gasteiger partial charge is 0.255 e. The monoisotopic (exact) mass is 391 g/mol. The van der Waals surface area contributed by atoms with Crippen molar-refractivity contribution in [1.29, 1.82) is 0 Å². The zero-order valence-corrected chi connectivity index (χ0v) is 16.6. The molecule has 27 heavy (non-hydrogen) atoms. The molecule has 1 aliphatic carbocycles. The van der Waals surface area contributed by atoms with Gasteiger partial charge >= 0.3 is 0 Å². The molecule has 146 valence electrons. The normalized spacial score (nSPS) is 22.7. The predicted octanol–water partition coefficient (Wildman–Crippen LogP) is 2.85. The number of aromatic nitrogens is 3. The number of hydrogen-bond donors (Lipinski definition) is 3. The third kappa shape index (κ3) is 4.42. The largest absolute Gasteiger partial charge is 0.384 e. The second-order valence-corrected chi connectivity index (χ2v) is 7.86. The van der Waals surface area contributed by atoms with Crippen molar-refractivity contribution < 1.29 is 9.90 Å². The number of nitrogens with zero attached hydrogens (tertiary/aromatic N) is 3. The number of nitrogens with one attached hydrogen (secondary N) is 2. The zero-order valence-electron chi connectivity index (χ0n) is 15.9. The molecule has 2 aromatic heterocycles. The number of amides is 1. The molecule has 0 saturated heterocycles. The summed E-state index contributed by atoms with van der Waals surface area (Å²) in [6.45, 7) is 3.99. The van der Waals surface area contributed by atoms with Crippen molar-refractivity contribution in [2.45, 2.75) is 57.2 Å². The van der Waals surface area contributed by atoms with Crippen molar-refractivity contribution in [3.05, 3.63) is 40.9 Å². The summed E-state index contributed by atoms with van der Waals surface area (Å²) >= 11 is 5.97. The van der Waals surface area contributed by atoms with E-state index in [0.29, 0.717) is 42.1 Å². The van der Waals surface area contributed by atoms with Crippen LogP contribution >= 0.6 is 11.6 Å². The van der Waals surface area contributed by atoms with Gasteiger partial charge in [-0.1, -0.05) is 11.6 Å². The van der Waals surface area contributed by atoms with Crippen molar-refractivity contribution in [2.24, 2.45) is 7.05 Å². The minimum atomic E-state index is -0.890. The van der Waals surface area contributed by atoms with Gasteiger partial charge in [-0.25, -0.2) is 4.98 Å². The van der Waals surface area contributed by atoms with Crippen LogP contribution in [0.1, 0.15) is 55.6 Å². The van der Waals surface area contributed by atoms with E-state index < -0.39 is 5.60 Å². The standard InChI is InChI=1S/C19H26ClN5O2/c1-12(2)23-15-10-17(20)21-11-14(15)18(26)24-13-4-7-19(27,8-5-13)16-6-9-22-25(16)3/h6,9-13,27H,4-5,7-8H2,1-3H3,(H,21,23)(H,24,26). The predicted molar refractivity (Wildman–Crippen MR) is 105 cm³/mol. The van der Waals surface area contributed by atoms with Crippen LogP contribution in [0.15, 0.2) is 24.5 Å². The van der Waals surface area contributed by atoms with Gasteiger partial charge in [0.2, 0.25) is 0 Å². The van der Waals surface area contributed by atoms with Gasteiger partial charge in [0.15, 0.2) is 0 Å². The van der Waals surface area contributed by atoms with Crippen molar-refractivity contribution in [3.8, 4) is 0 Å². The third-order valence-corrected chi connectivity index (χ3v) is 5.21. The van der Waals surface area contributed by atoms with E-state index in [1.807, 2.05) is 27.0 Å². The summed E-state index contributed by atoms with van der Waals surface area (Å²) in [6, 6.07) is 3.69. The molecule has 0 atom stereocenters. The summed E-state index contributed by atoms with van der Waals surface area (Å²) in [5.41, 5.74) is 1.07. The second kappa shape index (κ2) is 7.86. The highest BCUT2D eigenvalue weighted by atomic mass is 35.5. The first-order valence-electron chi connectivity index (χ1n) is 9.22. The van der Waals surface area contributed by atoms with Crippen molar-refractivity contribution in [1.82, 2.24) is 20.1 Å².